The van der Waals surface area contributed by atoms with Crippen LogP contribution in [0.4, 0.5) is 17.5 Å². The number of benzene rings is 3. The fraction of sp³-hybridized carbons (Fsp3) is 0.107. The van der Waals surface area contributed by atoms with Gasteiger partial charge in [-0.3, -0.25) is 4.68 Å². The Hall–Kier alpha value is -4.65. The van der Waals surface area contributed by atoms with Crippen LogP contribution in [-0.4, -0.2) is 31.4 Å². The zero-order chi connectivity index (χ0) is 23.9. The largest absolute Gasteiger partial charge is 0.357 e. The van der Waals surface area contributed by atoms with E-state index in [4.69, 9.17) is 5.10 Å². The number of anilines is 3. The molecule has 0 aliphatic carbocycles. The van der Waals surface area contributed by atoms with E-state index in [-0.39, 0.29) is 0 Å². The first-order valence-corrected chi connectivity index (χ1v) is 11.5. The van der Waals surface area contributed by atoms with E-state index in [1.54, 1.807) is 0 Å². The minimum absolute atomic E-state index is 0.618. The fourth-order valence-electron chi connectivity index (χ4n) is 4.60. The van der Waals surface area contributed by atoms with E-state index < -0.39 is 0 Å². The molecule has 3 aromatic heterocycles. The van der Waals surface area contributed by atoms with Gasteiger partial charge >= 0.3 is 0 Å². The molecule has 35 heavy (non-hydrogen) atoms. The predicted octanol–water partition coefficient (Wildman–Crippen LogP) is 6.07. The standard InChI is InChI=1S/C28H25N7/c1-18-6-12-23-26(25(18)19-7-13-24-20(16-19)17-30-28(29-2)32-24)34(3)33-27(23)31-21-8-10-22(11-9-21)35-14-4-5-15-35/h4-17H,1-3H3,(H,31,33)(H,29,30,32). The summed E-state index contributed by atoms with van der Waals surface area (Å²) >= 11 is 0. The van der Waals surface area contributed by atoms with Crippen LogP contribution in [0.2, 0.25) is 0 Å². The Morgan fingerprint density at radius 3 is 2.49 bits per heavy atom. The summed E-state index contributed by atoms with van der Waals surface area (Å²) in [6.45, 7) is 2.14. The number of aryl methyl sites for hydroxylation is 2. The van der Waals surface area contributed by atoms with Gasteiger partial charge in [0, 0.05) is 60.4 Å². The lowest BCUT2D eigenvalue weighted by Gasteiger charge is -2.11. The van der Waals surface area contributed by atoms with E-state index in [9.17, 15) is 0 Å². The highest BCUT2D eigenvalue weighted by Crippen LogP contribution is 2.36. The zero-order valence-electron chi connectivity index (χ0n) is 19.8. The Labute approximate surface area is 203 Å². The van der Waals surface area contributed by atoms with Crippen molar-refractivity contribution < 1.29 is 0 Å². The monoisotopic (exact) mass is 459 g/mol. The van der Waals surface area contributed by atoms with Crippen LogP contribution in [-0.2, 0) is 7.05 Å². The predicted molar refractivity (Wildman–Crippen MR) is 143 cm³/mol. The van der Waals surface area contributed by atoms with Gasteiger partial charge in [0.05, 0.1) is 11.0 Å². The van der Waals surface area contributed by atoms with Crippen LogP contribution >= 0.6 is 0 Å². The quantitative estimate of drug-likeness (QED) is 0.327. The van der Waals surface area contributed by atoms with Gasteiger partial charge in [-0.25, -0.2) is 9.97 Å². The molecule has 172 valence electrons. The molecule has 0 spiro atoms. The van der Waals surface area contributed by atoms with Gasteiger partial charge in [-0.05, 0) is 72.6 Å². The zero-order valence-corrected chi connectivity index (χ0v) is 19.8. The van der Waals surface area contributed by atoms with Crippen LogP contribution in [0.3, 0.4) is 0 Å². The average molecular weight is 460 g/mol. The van der Waals surface area contributed by atoms with Crippen molar-refractivity contribution in [2.45, 2.75) is 6.92 Å². The molecule has 0 radical (unpaired) electrons. The summed E-state index contributed by atoms with van der Waals surface area (Å²) in [5.74, 6) is 1.45. The molecule has 0 fully saturated rings. The minimum atomic E-state index is 0.618. The number of fused-ring (bicyclic) bond motifs is 2. The molecule has 6 rings (SSSR count). The molecule has 0 bridgehead atoms. The molecule has 0 saturated heterocycles. The first-order valence-electron chi connectivity index (χ1n) is 11.5. The average Bonchev–Trinajstić information content (AvgIpc) is 3.53. The van der Waals surface area contributed by atoms with Gasteiger partial charge in [0.15, 0.2) is 5.82 Å². The second-order valence-corrected chi connectivity index (χ2v) is 8.61. The fourth-order valence-corrected chi connectivity index (χ4v) is 4.60. The number of nitrogens with zero attached hydrogens (tertiary/aromatic N) is 5. The van der Waals surface area contributed by atoms with Crippen molar-refractivity contribution in [3.05, 3.63) is 90.9 Å². The van der Waals surface area contributed by atoms with Crippen molar-refractivity contribution in [1.82, 2.24) is 24.3 Å². The molecule has 0 unspecified atom stereocenters. The van der Waals surface area contributed by atoms with Crippen molar-refractivity contribution in [2.24, 2.45) is 7.05 Å². The van der Waals surface area contributed by atoms with Gasteiger partial charge in [-0.15, -0.1) is 0 Å². The lowest BCUT2D eigenvalue weighted by Crippen LogP contribution is -1.97. The summed E-state index contributed by atoms with van der Waals surface area (Å²) in [7, 11) is 3.82. The normalized spacial score (nSPS) is 11.3. The third-order valence-corrected chi connectivity index (χ3v) is 6.34. The van der Waals surface area contributed by atoms with Crippen LogP contribution in [0.5, 0.6) is 0 Å². The number of rotatable bonds is 5. The number of nitrogens with one attached hydrogen (secondary N) is 2. The van der Waals surface area contributed by atoms with Gasteiger partial charge in [0.1, 0.15) is 0 Å². The van der Waals surface area contributed by atoms with Crippen LogP contribution in [0.25, 0.3) is 38.6 Å². The summed E-state index contributed by atoms with van der Waals surface area (Å²) in [6, 6.07) is 23.0. The maximum absolute atomic E-state index is 4.84. The smallest absolute Gasteiger partial charge is 0.222 e. The van der Waals surface area contributed by atoms with Gasteiger partial charge < -0.3 is 15.2 Å². The van der Waals surface area contributed by atoms with Crippen LogP contribution < -0.4 is 10.6 Å². The lowest BCUT2D eigenvalue weighted by molar-refractivity contribution is 0.801. The van der Waals surface area contributed by atoms with Gasteiger partial charge in [0.25, 0.3) is 0 Å². The van der Waals surface area contributed by atoms with Gasteiger partial charge in [-0.2, -0.15) is 5.10 Å². The molecule has 0 amide bonds. The summed E-state index contributed by atoms with van der Waals surface area (Å²) in [6.07, 6.45) is 5.94. The van der Waals surface area contributed by atoms with Crippen molar-refractivity contribution >= 4 is 39.3 Å². The SMILES string of the molecule is CNc1ncc2cc(-c3c(C)ccc4c(Nc5ccc(-n6cccc6)cc5)nn(C)c34)ccc2n1. The summed E-state index contributed by atoms with van der Waals surface area (Å²) in [5.41, 5.74) is 7.57. The van der Waals surface area contributed by atoms with Crippen molar-refractivity contribution in [3.8, 4) is 16.8 Å². The Morgan fingerprint density at radius 2 is 1.71 bits per heavy atom. The molecule has 3 heterocycles. The lowest BCUT2D eigenvalue weighted by atomic mass is 9.96. The maximum atomic E-state index is 4.84. The first-order chi connectivity index (χ1) is 17.1. The molecule has 7 nitrogen and oxygen atoms in total. The van der Waals surface area contributed by atoms with Crippen LogP contribution in [0.1, 0.15) is 5.56 Å². The molecule has 0 saturated carbocycles. The molecular weight excluding hydrogens is 434 g/mol. The molecular formula is C28H25N7. The topological polar surface area (TPSA) is 72.6 Å². The summed E-state index contributed by atoms with van der Waals surface area (Å²) in [5, 5.41) is 13.4. The molecule has 3 aromatic carbocycles. The third kappa shape index (κ3) is 3.67. The Bertz CT molecular complexity index is 1660. The summed E-state index contributed by atoms with van der Waals surface area (Å²) < 4.78 is 4.04. The minimum Gasteiger partial charge on any atom is -0.357 e. The highest BCUT2D eigenvalue weighted by Gasteiger charge is 2.16. The number of hydrogen-bond donors (Lipinski definition) is 2. The van der Waals surface area contributed by atoms with Crippen molar-refractivity contribution in [3.63, 3.8) is 0 Å². The molecule has 7 heteroatoms. The van der Waals surface area contributed by atoms with E-state index in [1.807, 2.05) is 55.6 Å². The number of hydrogen-bond acceptors (Lipinski definition) is 5. The molecule has 0 aliphatic rings. The molecule has 6 aromatic rings. The van der Waals surface area contributed by atoms with Crippen LogP contribution in [0, 0.1) is 6.92 Å². The Morgan fingerprint density at radius 1 is 0.914 bits per heavy atom. The Balaban J connectivity index is 1.40. The highest BCUT2D eigenvalue weighted by atomic mass is 15.3. The second-order valence-electron chi connectivity index (χ2n) is 8.61. The van der Waals surface area contributed by atoms with Crippen molar-refractivity contribution in [1.29, 1.82) is 0 Å². The highest BCUT2D eigenvalue weighted by molar-refractivity contribution is 6.03. The van der Waals surface area contributed by atoms with Gasteiger partial charge in [0.2, 0.25) is 5.95 Å². The van der Waals surface area contributed by atoms with E-state index >= 15 is 0 Å². The first kappa shape index (κ1) is 20.9. The van der Waals surface area contributed by atoms with E-state index in [0.717, 1.165) is 50.1 Å². The number of aromatic nitrogens is 5. The van der Waals surface area contributed by atoms with Crippen molar-refractivity contribution in [2.75, 3.05) is 17.7 Å². The summed E-state index contributed by atoms with van der Waals surface area (Å²) in [4.78, 5) is 8.94. The molecule has 0 atom stereocenters. The van der Waals surface area contributed by atoms with Crippen LogP contribution in [0.15, 0.2) is 85.3 Å². The second kappa shape index (κ2) is 8.29. The molecule has 0 aliphatic heterocycles. The van der Waals surface area contributed by atoms with E-state index in [1.165, 1.54) is 5.56 Å². The maximum Gasteiger partial charge on any atom is 0.222 e. The van der Waals surface area contributed by atoms with Gasteiger partial charge in [-0.1, -0.05) is 12.1 Å². The molecule has 2 N–H and O–H groups in total. The van der Waals surface area contributed by atoms with E-state index in [2.05, 4.69) is 80.6 Å². The third-order valence-electron chi connectivity index (χ3n) is 6.34. The van der Waals surface area contributed by atoms with E-state index in [0.29, 0.717) is 5.95 Å². The Kier molecular flexibility index (Phi) is 4.95.